The minimum Gasteiger partial charge on any atom is -0.497 e. The Morgan fingerprint density at radius 3 is 2.41 bits per heavy atom. The molecule has 1 amide bonds. The van der Waals surface area contributed by atoms with Gasteiger partial charge in [0.15, 0.2) is 0 Å². The number of nitrogens with one attached hydrogen (secondary N) is 1. The number of amides is 1. The second kappa shape index (κ2) is 7.50. The van der Waals surface area contributed by atoms with Crippen molar-refractivity contribution in [3.8, 4) is 11.5 Å². The van der Waals surface area contributed by atoms with E-state index in [1.54, 1.807) is 14.2 Å². The van der Waals surface area contributed by atoms with Crippen LogP contribution >= 0.6 is 0 Å². The Bertz CT molecular complexity index is 653. The van der Waals surface area contributed by atoms with Crippen molar-refractivity contribution in [1.82, 2.24) is 0 Å². The molecule has 1 N–H and O–H groups in total. The highest BCUT2D eigenvalue weighted by molar-refractivity contribution is 5.89. The smallest absolute Gasteiger partial charge is 0.221 e. The predicted octanol–water partition coefficient (Wildman–Crippen LogP) is 3.45. The summed E-state index contributed by atoms with van der Waals surface area (Å²) in [4.78, 5) is 11.3. The number of benzene rings is 2. The van der Waals surface area contributed by atoms with E-state index in [0.717, 1.165) is 41.2 Å². The van der Waals surface area contributed by atoms with Crippen LogP contribution < -0.4 is 14.8 Å². The van der Waals surface area contributed by atoms with Crippen molar-refractivity contribution in [2.75, 3.05) is 19.5 Å². The lowest BCUT2D eigenvalue weighted by molar-refractivity contribution is -0.114. The number of anilines is 1. The molecule has 2 aromatic rings. The van der Waals surface area contributed by atoms with Crippen LogP contribution in [0.2, 0.25) is 0 Å². The van der Waals surface area contributed by atoms with Gasteiger partial charge in [0, 0.05) is 12.6 Å². The zero-order valence-corrected chi connectivity index (χ0v) is 13.2. The number of hydrogen-bond donors (Lipinski definition) is 1. The van der Waals surface area contributed by atoms with Gasteiger partial charge in [0.1, 0.15) is 11.5 Å². The summed E-state index contributed by atoms with van der Waals surface area (Å²) >= 11 is 0. The Morgan fingerprint density at radius 2 is 1.73 bits per heavy atom. The van der Waals surface area contributed by atoms with Crippen LogP contribution in [0.25, 0.3) is 0 Å². The number of para-hydroxylation sites is 1. The SMILES string of the molecule is COc1ccc(OC)c(CCc2ccccc2NC(C)=O)c1. The van der Waals surface area contributed by atoms with Gasteiger partial charge < -0.3 is 14.8 Å². The summed E-state index contributed by atoms with van der Waals surface area (Å²) in [5.74, 6) is 1.59. The van der Waals surface area contributed by atoms with Crippen LogP contribution in [-0.4, -0.2) is 20.1 Å². The molecule has 2 rings (SSSR count). The van der Waals surface area contributed by atoms with Crippen LogP contribution in [0.5, 0.6) is 11.5 Å². The summed E-state index contributed by atoms with van der Waals surface area (Å²) in [7, 11) is 3.31. The Morgan fingerprint density at radius 1 is 1.00 bits per heavy atom. The van der Waals surface area contributed by atoms with E-state index in [9.17, 15) is 4.79 Å². The Kier molecular flexibility index (Phi) is 5.42. The molecule has 0 aliphatic carbocycles. The van der Waals surface area contributed by atoms with Gasteiger partial charge >= 0.3 is 0 Å². The van der Waals surface area contributed by atoms with Gasteiger partial charge in [0.05, 0.1) is 14.2 Å². The number of hydrogen-bond acceptors (Lipinski definition) is 3. The maximum absolute atomic E-state index is 11.3. The topological polar surface area (TPSA) is 47.6 Å². The Hall–Kier alpha value is -2.49. The second-order valence-electron chi connectivity index (χ2n) is 5.02. The summed E-state index contributed by atoms with van der Waals surface area (Å²) in [5, 5.41) is 2.87. The van der Waals surface area contributed by atoms with Gasteiger partial charge in [0.25, 0.3) is 0 Å². The lowest BCUT2D eigenvalue weighted by atomic mass is 10.0. The summed E-state index contributed by atoms with van der Waals surface area (Å²) in [6.07, 6.45) is 1.61. The molecule has 0 heterocycles. The van der Waals surface area contributed by atoms with Gasteiger partial charge in [-0.3, -0.25) is 4.79 Å². The van der Waals surface area contributed by atoms with Crippen molar-refractivity contribution in [3.63, 3.8) is 0 Å². The number of carbonyl (C=O) groups is 1. The fraction of sp³-hybridized carbons (Fsp3) is 0.278. The van der Waals surface area contributed by atoms with Crippen LogP contribution in [0, 0.1) is 0 Å². The molecule has 0 atom stereocenters. The molecule has 0 aliphatic heterocycles. The average Bonchev–Trinajstić information content (AvgIpc) is 2.53. The van der Waals surface area contributed by atoms with Crippen molar-refractivity contribution in [3.05, 3.63) is 53.6 Å². The lowest BCUT2D eigenvalue weighted by Gasteiger charge is -2.12. The van der Waals surface area contributed by atoms with Crippen molar-refractivity contribution in [2.24, 2.45) is 0 Å². The third-order valence-electron chi connectivity index (χ3n) is 3.48. The molecule has 0 unspecified atom stereocenters. The van der Waals surface area contributed by atoms with E-state index in [1.165, 1.54) is 6.92 Å². The molecule has 0 fully saturated rings. The molecule has 2 aromatic carbocycles. The van der Waals surface area contributed by atoms with Crippen molar-refractivity contribution >= 4 is 11.6 Å². The molecule has 4 nitrogen and oxygen atoms in total. The molecular formula is C18H21NO3. The summed E-state index contributed by atoms with van der Waals surface area (Å²) in [6.45, 7) is 1.52. The molecule has 0 aromatic heterocycles. The summed E-state index contributed by atoms with van der Waals surface area (Å²) in [5.41, 5.74) is 3.04. The minimum absolute atomic E-state index is 0.0635. The Balaban J connectivity index is 2.18. The van der Waals surface area contributed by atoms with Crippen LogP contribution in [-0.2, 0) is 17.6 Å². The number of carbonyl (C=O) groups excluding carboxylic acids is 1. The van der Waals surface area contributed by atoms with Gasteiger partial charge in [-0.15, -0.1) is 0 Å². The van der Waals surface area contributed by atoms with E-state index in [1.807, 2.05) is 42.5 Å². The molecule has 0 saturated heterocycles. The highest BCUT2D eigenvalue weighted by atomic mass is 16.5. The Labute approximate surface area is 131 Å². The van der Waals surface area contributed by atoms with E-state index in [-0.39, 0.29) is 5.91 Å². The van der Waals surface area contributed by atoms with Gasteiger partial charge in [-0.05, 0) is 48.2 Å². The quantitative estimate of drug-likeness (QED) is 0.888. The number of methoxy groups -OCH3 is 2. The van der Waals surface area contributed by atoms with E-state index < -0.39 is 0 Å². The zero-order valence-electron chi connectivity index (χ0n) is 13.2. The normalized spacial score (nSPS) is 10.1. The van der Waals surface area contributed by atoms with E-state index in [2.05, 4.69) is 5.32 Å². The molecule has 0 aliphatic rings. The van der Waals surface area contributed by atoms with Crippen molar-refractivity contribution in [1.29, 1.82) is 0 Å². The first-order valence-corrected chi connectivity index (χ1v) is 7.20. The minimum atomic E-state index is -0.0635. The maximum Gasteiger partial charge on any atom is 0.221 e. The fourth-order valence-electron chi connectivity index (χ4n) is 2.40. The molecule has 0 saturated carbocycles. The predicted molar refractivity (Wildman–Crippen MR) is 87.7 cm³/mol. The number of ether oxygens (including phenoxy) is 2. The monoisotopic (exact) mass is 299 g/mol. The van der Waals surface area contributed by atoms with Crippen molar-refractivity contribution in [2.45, 2.75) is 19.8 Å². The van der Waals surface area contributed by atoms with Gasteiger partial charge in [-0.2, -0.15) is 0 Å². The van der Waals surface area contributed by atoms with Crippen LogP contribution in [0.3, 0.4) is 0 Å². The first-order valence-electron chi connectivity index (χ1n) is 7.20. The number of aryl methyl sites for hydroxylation is 2. The second-order valence-corrected chi connectivity index (χ2v) is 5.02. The summed E-state index contributed by atoms with van der Waals surface area (Å²) < 4.78 is 10.7. The van der Waals surface area contributed by atoms with Crippen LogP contribution in [0.4, 0.5) is 5.69 Å². The number of rotatable bonds is 6. The molecule has 0 radical (unpaired) electrons. The largest absolute Gasteiger partial charge is 0.497 e. The van der Waals surface area contributed by atoms with Crippen LogP contribution in [0.1, 0.15) is 18.1 Å². The molecular weight excluding hydrogens is 278 g/mol. The summed E-state index contributed by atoms with van der Waals surface area (Å²) in [6, 6.07) is 13.6. The standard InChI is InChI=1S/C18H21NO3/c1-13(20)19-17-7-5-4-6-14(17)8-9-15-12-16(21-2)10-11-18(15)22-3/h4-7,10-12H,8-9H2,1-3H3,(H,19,20). The van der Waals surface area contributed by atoms with Gasteiger partial charge in [-0.25, -0.2) is 0 Å². The van der Waals surface area contributed by atoms with E-state index >= 15 is 0 Å². The fourth-order valence-corrected chi connectivity index (χ4v) is 2.40. The maximum atomic E-state index is 11.3. The first-order chi connectivity index (χ1) is 10.6. The zero-order chi connectivity index (χ0) is 15.9. The first kappa shape index (κ1) is 15.9. The lowest BCUT2D eigenvalue weighted by Crippen LogP contribution is -2.08. The van der Waals surface area contributed by atoms with Crippen LogP contribution in [0.15, 0.2) is 42.5 Å². The van der Waals surface area contributed by atoms with Gasteiger partial charge in [-0.1, -0.05) is 18.2 Å². The average molecular weight is 299 g/mol. The van der Waals surface area contributed by atoms with Crippen molar-refractivity contribution < 1.29 is 14.3 Å². The third kappa shape index (κ3) is 4.01. The van der Waals surface area contributed by atoms with E-state index in [0.29, 0.717) is 0 Å². The molecule has 0 bridgehead atoms. The van der Waals surface area contributed by atoms with Gasteiger partial charge in [0.2, 0.25) is 5.91 Å². The third-order valence-corrected chi connectivity index (χ3v) is 3.48. The highest BCUT2D eigenvalue weighted by Gasteiger charge is 2.08. The molecule has 0 spiro atoms. The van der Waals surface area contributed by atoms with E-state index in [4.69, 9.17) is 9.47 Å². The molecule has 116 valence electrons. The highest BCUT2D eigenvalue weighted by Crippen LogP contribution is 2.26. The molecule has 4 heteroatoms. The molecule has 22 heavy (non-hydrogen) atoms.